The van der Waals surface area contributed by atoms with Gasteiger partial charge in [-0.2, -0.15) is 20.1 Å². The van der Waals surface area contributed by atoms with E-state index in [1.807, 2.05) is 36.4 Å². The van der Waals surface area contributed by atoms with Gasteiger partial charge in [0.1, 0.15) is 29.0 Å². The Bertz CT molecular complexity index is 1430. The quantitative estimate of drug-likeness (QED) is 0.439. The number of fused-ring (bicyclic) bond motifs is 8. The second kappa shape index (κ2) is 4.37. The Labute approximate surface area is 138 Å². The molecule has 0 aliphatic rings. The van der Waals surface area contributed by atoms with Crippen LogP contribution in [0.3, 0.4) is 0 Å². The van der Waals surface area contributed by atoms with E-state index < -0.39 is 0 Å². The molecule has 0 fully saturated rings. The van der Waals surface area contributed by atoms with Gasteiger partial charge in [-0.1, -0.05) is 18.2 Å². The zero-order valence-corrected chi connectivity index (χ0v) is 12.4. The fourth-order valence-corrected chi connectivity index (χ4v) is 3.04. The lowest BCUT2D eigenvalue weighted by Crippen LogP contribution is -2.05. The van der Waals surface area contributed by atoms with E-state index in [0.29, 0.717) is 22.2 Å². The largest absolute Gasteiger partial charge is 0.382 e. The number of para-hydroxylation sites is 1. The van der Waals surface area contributed by atoms with Crippen molar-refractivity contribution in [1.29, 1.82) is 10.5 Å². The van der Waals surface area contributed by atoms with Crippen molar-refractivity contribution in [3.8, 4) is 12.1 Å². The average molecular weight is 326 g/mol. The number of nitrogen functional groups attached to an aromatic ring is 1. The summed E-state index contributed by atoms with van der Waals surface area (Å²) in [5.41, 5.74) is 8.01. The third-order valence-corrected chi connectivity index (χ3v) is 4.09. The van der Waals surface area contributed by atoms with Crippen LogP contribution in [0.15, 0.2) is 24.3 Å². The molecule has 4 heterocycles. The Kier molecular flexibility index (Phi) is 2.30. The van der Waals surface area contributed by atoms with E-state index in [0.717, 1.165) is 10.9 Å². The van der Waals surface area contributed by atoms with Gasteiger partial charge in [-0.25, -0.2) is 9.50 Å². The van der Waals surface area contributed by atoms with Gasteiger partial charge in [0.25, 0.3) is 0 Å². The highest BCUT2D eigenvalue weighted by atomic mass is 15.5. The Balaban J connectivity index is 2.19. The smallest absolute Gasteiger partial charge is 0.193 e. The number of nitrogens with zero attached hydrogens (tertiary/aromatic N) is 9. The normalized spacial score (nSPS) is 11.3. The number of rotatable bonds is 0. The van der Waals surface area contributed by atoms with Crippen LogP contribution in [0, 0.1) is 22.7 Å². The van der Waals surface area contributed by atoms with E-state index in [-0.39, 0.29) is 17.1 Å². The minimum atomic E-state index is -0.0351. The first-order valence-electron chi connectivity index (χ1n) is 7.15. The molecule has 1 aromatic carbocycles. The van der Waals surface area contributed by atoms with Gasteiger partial charge in [0.2, 0.25) is 0 Å². The summed E-state index contributed by atoms with van der Waals surface area (Å²) in [4.78, 5) is 4.28. The number of benzene rings is 1. The van der Waals surface area contributed by atoms with Gasteiger partial charge in [0.05, 0.1) is 10.9 Å². The third-order valence-electron chi connectivity index (χ3n) is 4.09. The molecule has 5 rings (SSSR count). The first-order chi connectivity index (χ1) is 12.2. The zero-order valence-electron chi connectivity index (χ0n) is 12.4. The molecular weight excluding hydrogens is 320 g/mol. The summed E-state index contributed by atoms with van der Waals surface area (Å²) in [5.74, 6) is -0.0351. The highest BCUT2D eigenvalue weighted by Crippen LogP contribution is 2.31. The number of nitrogens with two attached hydrogens (primary N) is 1. The van der Waals surface area contributed by atoms with E-state index in [2.05, 4.69) is 25.6 Å². The molecule has 4 aromatic heterocycles. The lowest BCUT2D eigenvalue weighted by Gasteiger charge is -2.02. The SMILES string of the molecule is N#Cc1c(N)nc2c3c(nn2c1C#N)c1ccccc1n1nnnc31. The number of pyridine rings is 1. The zero-order chi connectivity index (χ0) is 17.1. The van der Waals surface area contributed by atoms with Crippen LogP contribution in [0.1, 0.15) is 11.3 Å². The van der Waals surface area contributed by atoms with Crippen molar-refractivity contribution < 1.29 is 0 Å². The number of aromatic nitrogens is 7. The molecule has 0 radical (unpaired) electrons. The molecule has 10 heteroatoms. The van der Waals surface area contributed by atoms with Crippen molar-refractivity contribution in [2.45, 2.75) is 0 Å². The Morgan fingerprint density at radius 3 is 2.68 bits per heavy atom. The van der Waals surface area contributed by atoms with Gasteiger partial charge in [0.15, 0.2) is 17.0 Å². The van der Waals surface area contributed by atoms with Crippen LogP contribution in [0.2, 0.25) is 0 Å². The molecule has 0 unspecified atom stereocenters. The molecule has 25 heavy (non-hydrogen) atoms. The van der Waals surface area contributed by atoms with Crippen molar-refractivity contribution in [2.24, 2.45) is 0 Å². The first kappa shape index (κ1) is 13.2. The maximum absolute atomic E-state index is 9.49. The highest BCUT2D eigenvalue weighted by molar-refractivity contribution is 6.14. The minimum absolute atomic E-state index is 0.0114. The van der Waals surface area contributed by atoms with Gasteiger partial charge >= 0.3 is 0 Å². The van der Waals surface area contributed by atoms with Gasteiger partial charge in [0, 0.05) is 5.39 Å². The number of anilines is 1. The van der Waals surface area contributed by atoms with Crippen molar-refractivity contribution in [3.05, 3.63) is 35.5 Å². The van der Waals surface area contributed by atoms with Crippen molar-refractivity contribution in [3.63, 3.8) is 0 Å². The van der Waals surface area contributed by atoms with Crippen LogP contribution < -0.4 is 5.73 Å². The standard InChI is InChI=1S/C15H6N10/c16-5-8-10(6-17)24-14(19-13(8)18)11-12(21-24)7-3-1-2-4-9(7)25-15(11)20-22-23-25/h1-4H,(H2,18,19). The van der Waals surface area contributed by atoms with Crippen LogP contribution in [-0.4, -0.2) is 34.6 Å². The number of hydrogen-bond donors (Lipinski definition) is 1. The maximum Gasteiger partial charge on any atom is 0.193 e. The average Bonchev–Trinajstić information content (AvgIpc) is 3.25. The summed E-state index contributed by atoms with van der Waals surface area (Å²) in [6.45, 7) is 0. The molecule has 10 nitrogen and oxygen atoms in total. The molecule has 0 bridgehead atoms. The molecule has 5 aromatic rings. The van der Waals surface area contributed by atoms with Crippen molar-refractivity contribution in [2.75, 3.05) is 5.73 Å². The summed E-state index contributed by atoms with van der Waals surface area (Å²) in [6, 6.07) is 11.4. The van der Waals surface area contributed by atoms with E-state index in [9.17, 15) is 10.5 Å². The van der Waals surface area contributed by atoms with Crippen molar-refractivity contribution >= 4 is 38.9 Å². The summed E-state index contributed by atoms with van der Waals surface area (Å²) < 4.78 is 2.90. The molecule has 0 saturated heterocycles. The summed E-state index contributed by atoms with van der Waals surface area (Å²) >= 11 is 0. The molecule has 0 saturated carbocycles. The second-order valence-corrected chi connectivity index (χ2v) is 5.33. The Hall–Kier alpha value is -4.31. The number of hydrogen-bond acceptors (Lipinski definition) is 8. The minimum Gasteiger partial charge on any atom is -0.382 e. The predicted molar refractivity (Wildman–Crippen MR) is 86.2 cm³/mol. The number of tetrazole rings is 1. The highest BCUT2D eigenvalue weighted by Gasteiger charge is 2.22. The summed E-state index contributed by atoms with van der Waals surface area (Å²) in [6.07, 6.45) is 0. The predicted octanol–water partition coefficient (Wildman–Crippen LogP) is 0.799. The summed E-state index contributed by atoms with van der Waals surface area (Å²) in [7, 11) is 0. The molecule has 0 spiro atoms. The van der Waals surface area contributed by atoms with Crippen LogP contribution in [-0.2, 0) is 0 Å². The summed E-state index contributed by atoms with van der Waals surface area (Å²) in [5, 5.41) is 36.5. The molecule has 2 N–H and O–H groups in total. The Morgan fingerprint density at radius 2 is 1.88 bits per heavy atom. The molecule has 116 valence electrons. The van der Waals surface area contributed by atoms with Gasteiger partial charge in [-0.05, 0) is 16.5 Å². The second-order valence-electron chi connectivity index (χ2n) is 5.33. The van der Waals surface area contributed by atoms with E-state index in [4.69, 9.17) is 5.73 Å². The van der Waals surface area contributed by atoms with E-state index >= 15 is 0 Å². The monoisotopic (exact) mass is 326 g/mol. The van der Waals surface area contributed by atoms with E-state index in [1.54, 1.807) is 4.52 Å². The lowest BCUT2D eigenvalue weighted by atomic mass is 10.1. The van der Waals surface area contributed by atoms with Crippen LogP contribution in [0.4, 0.5) is 5.82 Å². The van der Waals surface area contributed by atoms with Gasteiger partial charge in [-0.3, -0.25) is 0 Å². The van der Waals surface area contributed by atoms with Crippen LogP contribution >= 0.6 is 0 Å². The lowest BCUT2D eigenvalue weighted by molar-refractivity contribution is 0.842. The Morgan fingerprint density at radius 1 is 1.04 bits per heavy atom. The third kappa shape index (κ3) is 1.47. The molecule has 0 atom stereocenters. The molecule has 0 aliphatic carbocycles. The van der Waals surface area contributed by atoms with E-state index in [1.165, 1.54) is 4.52 Å². The van der Waals surface area contributed by atoms with Gasteiger partial charge in [-0.15, -0.1) is 5.10 Å². The fraction of sp³-hybridized carbons (Fsp3) is 0. The van der Waals surface area contributed by atoms with Gasteiger partial charge < -0.3 is 5.73 Å². The van der Waals surface area contributed by atoms with Crippen LogP contribution in [0.25, 0.3) is 33.1 Å². The molecular formula is C15H6N10. The van der Waals surface area contributed by atoms with Crippen molar-refractivity contribution in [1.82, 2.24) is 34.6 Å². The maximum atomic E-state index is 9.49. The topological polar surface area (TPSA) is 147 Å². The number of nitriles is 2. The fourth-order valence-electron chi connectivity index (χ4n) is 3.04. The first-order valence-corrected chi connectivity index (χ1v) is 7.15. The molecule has 0 amide bonds. The molecule has 0 aliphatic heterocycles. The van der Waals surface area contributed by atoms with Crippen LogP contribution in [0.5, 0.6) is 0 Å².